The van der Waals surface area contributed by atoms with Crippen molar-refractivity contribution in [2.75, 3.05) is 11.0 Å². The molecule has 0 aliphatic carbocycles. The summed E-state index contributed by atoms with van der Waals surface area (Å²) in [7, 11) is -4.90. The zero-order valence-corrected chi connectivity index (χ0v) is 15.7. The van der Waals surface area contributed by atoms with Crippen LogP contribution in [-0.2, 0) is 26.6 Å². The Bertz CT molecular complexity index is 1060. The molecular formula is C17H15ClN2O3S2. The average Bonchev–Trinajstić information content (AvgIpc) is 2.56. The quantitative estimate of drug-likeness (QED) is 0.717. The fourth-order valence-electron chi connectivity index (χ4n) is 2.48. The molecule has 8 heteroatoms. The number of anilines is 1. The molecule has 0 saturated heterocycles. The molecule has 1 aromatic heterocycles. The molecule has 2 aromatic carbocycles. The van der Waals surface area contributed by atoms with E-state index in [4.69, 9.17) is 11.6 Å². The highest BCUT2D eigenvalue weighted by Gasteiger charge is 2.19. The van der Waals surface area contributed by atoms with E-state index in [1.54, 1.807) is 54.9 Å². The van der Waals surface area contributed by atoms with Crippen molar-refractivity contribution in [3.05, 3.63) is 65.3 Å². The van der Waals surface area contributed by atoms with Gasteiger partial charge in [0.25, 0.3) is 10.0 Å². The number of pyridine rings is 1. The first-order chi connectivity index (χ1) is 11.9. The lowest BCUT2D eigenvalue weighted by Crippen LogP contribution is -2.14. The molecule has 1 heterocycles. The van der Waals surface area contributed by atoms with E-state index >= 15 is 0 Å². The van der Waals surface area contributed by atoms with Crippen LogP contribution in [0.15, 0.2) is 59.6 Å². The summed E-state index contributed by atoms with van der Waals surface area (Å²) in [5.74, 6) is 0.323. The van der Waals surface area contributed by atoms with Crippen LogP contribution in [-0.4, -0.2) is 23.9 Å². The molecule has 0 bridgehead atoms. The Hall–Kier alpha value is -1.96. The van der Waals surface area contributed by atoms with Gasteiger partial charge in [-0.2, -0.15) is 0 Å². The second-order valence-corrected chi connectivity index (χ2v) is 8.96. The third-order valence-electron chi connectivity index (χ3n) is 3.54. The van der Waals surface area contributed by atoms with E-state index in [2.05, 4.69) is 9.71 Å². The predicted molar refractivity (Wildman–Crippen MR) is 102 cm³/mol. The second kappa shape index (κ2) is 7.11. The van der Waals surface area contributed by atoms with Gasteiger partial charge in [-0.3, -0.25) is 13.9 Å². The molecule has 1 atom stereocenters. The summed E-state index contributed by atoms with van der Waals surface area (Å²) in [6.07, 6.45) is 3.19. The molecule has 0 aliphatic heterocycles. The fraction of sp³-hybridized carbons (Fsp3) is 0.118. The average molecular weight is 395 g/mol. The molecule has 1 unspecified atom stereocenters. The molecule has 0 aliphatic rings. The van der Waals surface area contributed by atoms with Gasteiger partial charge in [-0.05, 0) is 42.0 Å². The summed E-state index contributed by atoms with van der Waals surface area (Å²) in [5, 5.41) is 0.798. The van der Waals surface area contributed by atoms with Crippen molar-refractivity contribution >= 4 is 49.0 Å². The van der Waals surface area contributed by atoms with Crippen molar-refractivity contribution in [1.29, 1.82) is 0 Å². The topological polar surface area (TPSA) is 76.1 Å². The highest BCUT2D eigenvalue weighted by atomic mass is 35.5. The van der Waals surface area contributed by atoms with Crippen molar-refractivity contribution < 1.29 is 12.6 Å². The minimum atomic E-state index is -3.86. The van der Waals surface area contributed by atoms with Gasteiger partial charge >= 0.3 is 0 Å². The van der Waals surface area contributed by atoms with Crippen LogP contribution in [0.4, 0.5) is 5.69 Å². The summed E-state index contributed by atoms with van der Waals surface area (Å²) >= 11 is 6.13. The van der Waals surface area contributed by atoms with Crippen molar-refractivity contribution in [3.8, 4) is 0 Å². The monoisotopic (exact) mass is 394 g/mol. The Balaban J connectivity index is 2.03. The number of rotatable bonds is 5. The van der Waals surface area contributed by atoms with Crippen LogP contribution in [0.5, 0.6) is 0 Å². The highest BCUT2D eigenvalue weighted by Crippen LogP contribution is 2.28. The number of fused-ring (bicyclic) bond motifs is 1. The first-order valence-electron chi connectivity index (χ1n) is 7.32. The van der Waals surface area contributed by atoms with Crippen molar-refractivity contribution in [2.24, 2.45) is 0 Å². The number of sulfonamides is 1. The smallest absolute Gasteiger partial charge is 0.262 e. The molecule has 5 nitrogen and oxygen atoms in total. The molecule has 130 valence electrons. The number of nitrogens with zero attached hydrogens (tertiary/aromatic N) is 1. The van der Waals surface area contributed by atoms with Crippen LogP contribution in [0.3, 0.4) is 0 Å². The maximum atomic E-state index is 12.8. The number of nitrogens with one attached hydrogen (secondary N) is 1. The fourth-order valence-corrected chi connectivity index (χ4v) is 4.64. The lowest BCUT2D eigenvalue weighted by atomic mass is 10.2. The van der Waals surface area contributed by atoms with E-state index in [9.17, 15) is 12.6 Å². The van der Waals surface area contributed by atoms with E-state index in [1.807, 2.05) is 0 Å². The molecule has 1 N–H and O–H groups in total. The summed E-state index contributed by atoms with van der Waals surface area (Å²) in [6, 6.07) is 13.2. The minimum absolute atomic E-state index is 0.124. The number of halogens is 1. The molecule has 3 rings (SSSR count). The van der Waals surface area contributed by atoms with Crippen LogP contribution < -0.4 is 4.72 Å². The first-order valence-corrected chi connectivity index (χ1v) is 10.9. The maximum absolute atomic E-state index is 12.8. The van der Waals surface area contributed by atoms with Crippen molar-refractivity contribution in [3.63, 3.8) is 0 Å². The molecule has 0 saturated carbocycles. The van der Waals surface area contributed by atoms with Crippen LogP contribution in [0, 0.1) is 0 Å². The largest absolute Gasteiger partial charge is 0.278 e. The van der Waals surface area contributed by atoms with Gasteiger partial charge in [0.1, 0.15) is 0 Å². The predicted octanol–water partition coefficient (Wildman–Crippen LogP) is 3.57. The second-order valence-electron chi connectivity index (χ2n) is 5.46. The molecule has 0 radical (unpaired) electrons. The summed E-state index contributed by atoms with van der Waals surface area (Å²) in [4.78, 5) is 4.30. The van der Waals surface area contributed by atoms with Gasteiger partial charge in [0.05, 0.1) is 21.1 Å². The Morgan fingerprint density at radius 1 is 1.16 bits per heavy atom. The first kappa shape index (κ1) is 17.8. The van der Waals surface area contributed by atoms with Crippen molar-refractivity contribution in [2.45, 2.75) is 10.6 Å². The van der Waals surface area contributed by atoms with Gasteiger partial charge in [0.2, 0.25) is 0 Å². The van der Waals surface area contributed by atoms with Crippen LogP contribution in [0.25, 0.3) is 10.9 Å². The van der Waals surface area contributed by atoms with E-state index < -0.39 is 20.8 Å². The van der Waals surface area contributed by atoms with Crippen LogP contribution in [0.1, 0.15) is 5.56 Å². The van der Waals surface area contributed by atoms with E-state index in [0.717, 1.165) is 5.56 Å². The van der Waals surface area contributed by atoms with Gasteiger partial charge in [-0.25, -0.2) is 8.42 Å². The van der Waals surface area contributed by atoms with Gasteiger partial charge in [-0.1, -0.05) is 23.7 Å². The van der Waals surface area contributed by atoms with Crippen molar-refractivity contribution in [1.82, 2.24) is 4.98 Å². The lowest BCUT2D eigenvalue weighted by molar-refractivity contribution is 0.602. The maximum Gasteiger partial charge on any atom is 0.262 e. The molecule has 0 spiro atoms. The number of aromatic nitrogens is 1. The minimum Gasteiger partial charge on any atom is -0.278 e. The van der Waals surface area contributed by atoms with Gasteiger partial charge in [-0.15, -0.1) is 0 Å². The van der Waals surface area contributed by atoms with E-state index in [-0.39, 0.29) is 15.6 Å². The Kier molecular flexibility index (Phi) is 5.08. The number of hydrogen-bond acceptors (Lipinski definition) is 4. The highest BCUT2D eigenvalue weighted by molar-refractivity contribution is 7.93. The normalized spacial score (nSPS) is 12.9. The summed E-state index contributed by atoms with van der Waals surface area (Å²) < 4.78 is 39.6. The van der Waals surface area contributed by atoms with E-state index in [1.165, 1.54) is 6.07 Å². The third kappa shape index (κ3) is 4.00. The third-order valence-corrected chi connectivity index (χ3v) is 6.03. The Labute approximate surface area is 153 Å². The van der Waals surface area contributed by atoms with Gasteiger partial charge in [0.15, 0.2) is 0 Å². The molecule has 0 amide bonds. The van der Waals surface area contributed by atoms with Crippen LogP contribution in [0.2, 0.25) is 5.02 Å². The number of hydrogen-bond donors (Lipinski definition) is 1. The lowest BCUT2D eigenvalue weighted by Gasteiger charge is -2.12. The Morgan fingerprint density at radius 3 is 2.72 bits per heavy atom. The van der Waals surface area contributed by atoms with Gasteiger partial charge < -0.3 is 0 Å². The Morgan fingerprint density at radius 2 is 1.96 bits per heavy atom. The van der Waals surface area contributed by atoms with Crippen LogP contribution >= 0.6 is 11.6 Å². The molecule has 0 fully saturated rings. The summed E-state index contributed by atoms with van der Waals surface area (Å²) in [6.45, 7) is 0. The molecule has 3 aromatic rings. The van der Waals surface area contributed by atoms with E-state index in [0.29, 0.717) is 16.7 Å². The standard InChI is InChI=1S/C17H15ClN2O3S2/c1-24(21)11-12-7-8-14(18)16(10-12)20-25(22,23)17-6-2-5-15-13(17)4-3-9-19-15/h2-10,20H,11H2,1H3. The van der Waals surface area contributed by atoms with Gasteiger partial charge in [0, 0.05) is 34.4 Å². The molecular weight excluding hydrogens is 380 g/mol. The SMILES string of the molecule is CS(=O)Cc1ccc(Cl)c(NS(=O)(=O)c2cccc3ncccc23)c1. The zero-order valence-electron chi connectivity index (χ0n) is 13.3. The summed E-state index contributed by atoms with van der Waals surface area (Å²) in [5.41, 5.74) is 1.58. The molecule has 25 heavy (non-hydrogen) atoms. The zero-order chi connectivity index (χ0) is 18.0. The number of benzene rings is 2.